The predicted molar refractivity (Wildman–Crippen MR) is 71.9 cm³/mol. The van der Waals surface area contributed by atoms with Gasteiger partial charge in [0.25, 0.3) is 0 Å². The molecule has 0 spiro atoms. The zero-order valence-electron chi connectivity index (χ0n) is 11.7. The minimum absolute atomic E-state index is 0.535. The molecule has 0 bridgehead atoms. The van der Waals surface area contributed by atoms with E-state index in [-0.39, 0.29) is 0 Å². The summed E-state index contributed by atoms with van der Waals surface area (Å²) in [6.07, 6.45) is -1.73. The van der Waals surface area contributed by atoms with Crippen molar-refractivity contribution in [1.82, 2.24) is 5.32 Å². The van der Waals surface area contributed by atoms with Gasteiger partial charge in [0.05, 0.1) is 6.04 Å². The van der Waals surface area contributed by atoms with E-state index in [0.29, 0.717) is 5.75 Å². The molecule has 5 heteroatoms. The summed E-state index contributed by atoms with van der Waals surface area (Å²) >= 11 is 0. The van der Waals surface area contributed by atoms with E-state index in [9.17, 15) is 9.90 Å². The Kier molecular flexibility index (Phi) is 5.18. The Hall–Kier alpha value is -1.75. The third-order valence-electron chi connectivity index (χ3n) is 2.17. The fourth-order valence-electron chi connectivity index (χ4n) is 1.31. The molecule has 0 aliphatic heterocycles. The Bertz CT molecular complexity index is 400. The molecule has 1 unspecified atom stereocenters. The quantitative estimate of drug-likeness (QED) is 0.821. The number of hydrogen-bond acceptors (Lipinski definition) is 4. The molecule has 1 amide bonds. The fourth-order valence-corrected chi connectivity index (χ4v) is 1.31. The molecule has 0 aliphatic rings. The summed E-state index contributed by atoms with van der Waals surface area (Å²) in [7, 11) is 0. The summed E-state index contributed by atoms with van der Waals surface area (Å²) in [6, 6.07) is 8.31. The average Bonchev–Trinajstić information content (AvgIpc) is 2.27. The molecule has 0 heterocycles. The van der Waals surface area contributed by atoms with Gasteiger partial charge in [-0.15, -0.1) is 0 Å². The minimum Gasteiger partial charge on any atom is -0.463 e. The minimum atomic E-state index is -1.14. The van der Waals surface area contributed by atoms with Gasteiger partial charge in [0, 0.05) is 0 Å². The number of benzene rings is 1. The first kappa shape index (κ1) is 15.3. The van der Waals surface area contributed by atoms with Crippen LogP contribution in [0.3, 0.4) is 0 Å². The van der Waals surface area contributed by atoms with Crippen molar-refractivity contribution in [3.8, 4) is 5.75 Å². The maximum Gasteiger partial charge on any atom is 0.408 e. The number of aliphatic hydroxyl groups is 1. The molecular formula is C14H21NO4. The Balaban J connectivity index is 2.45. The molecule has 1 rings (SSSR count). The number of carbonyl (C=O) groups excluding carboxylic acids is 1. The van der Waals surface area contributed by atoms with Crippen molar-refractivity contribution in [2.24, 2.45) is 0 Å². The van der Waals surface area contributed by atoms with E-state index in [4.69, 9.17) is 9.47 Å². The van der Waals surface area contributed by atoms with Gasteiger partial charge < -0.3 is 19.9 Å². The molecule has 5 nitrogen and oxygen atoms in total. The highest BCUT2D eigenvalue weighted by molar-refractivity contribution is 5.68. The standard InChI is InChI=1S/C14H21NO4/c1-10(15-13(17)19-14(2,3)4)12(16)18-11-8-6-5-7-9-11/h5-10,12,16H,1-4H3,(H,15,17)/t10-,12?/m0/s1. The maximum atomic E-state index is 11.5. The lowest BCUT2D eigenvalue weighted by Crippen LogP contribution is -2.45. The smallest absolute Gasteiger partial charge is 0.408 e. The molecule has 19 heavy (non-hydrogen) atoms. The monoisotopic (exact) mass is 267 g/mol. The lowest BCUT2D eigenvalue weighted by molar-refractivity contribution is -0.0435. The summed E-state index contributed by atoms with van der Waals surface area (Å²) < 4.78 is 10.4. The van der Waals surface area contributed by atoms with Crippen LogP contribution in [-0.2, 0) is 4.74 Å². The molecule has 2 N–H and O–H groups in total. The van der Waals surface area contributed by atoms with Crippen LogP contribution in [0.2, 0.25) is 0 Å². The van der Waals surface area contributed by atoms with Crippen molar-refractivity contribution in [3.63, 3.8) is 0 Å². The molecule has 0 radical (unpaired) electrons. The van der Waals surface area contributed by atoms with Gasteiger partial charge in [-0.3, -0.25) is 0 Å². The van der Waals surface area contributed by atoms with Crippen LogP contribution >= 0.6 is 0 Å². The van der Waals surface area contributed by atoms with Gasteiger partial charge in [0.2, 0.25) is 6.29 Å². The molecule has 0 aliphatic carbocycles. The van der Waals surface area contributed by atoms with Crippen molar-refractivity contribution in [1.29, 1.82) is 0 Å². The van der Waals surface area contributed by atoms with Gasteiger partial charge in [-0.25, -0.2) is 4.79 Å². The largest absolute Gasteiger partial charge is 0.463 e. The summed E-state index contributed by atoms with van der Waals surface area (Å²) in [5.74, 6) is 0.535. The van der Waals surface area contributed by atoms with Gasteiger partial charge >= 0.3 is 6.09 Å². The summed E-state index contributed by atoms with van der Waals surface area (Å²) in [4.78, 5) is 11.5. The molecule has 106 valence electrons. The fraction of sp³-hybridized carbons (Fsp3) is 0.500. The van der Waals surface area contributed by atoms with Gasteiger partial charge in [0.1, 0.15) is 11.4 Å². The second-order valence-corrected chi connectivity index (χ2v) is 5.26. The van der Waals surface area contributed by atoms with Crippen LogP contribution in [-0.4, -0.2) is 29.1 Å². The first-order valence-electron chi connectivity index (χ1n) is 6.17. The predicted octanol–water partition coefficient (Wildman–Crippen LogP) is 2.30. The van der Waals surface area contributed by atoms with Crippen LogP contribution in [0, 0.1) is 0 Å². The second kappa shape index (κ2) is 6.43. The van der Waals surface area contributed by atoms with E-state index >= 15 is 0 Å². The molecule has 0 fully saturated rings. The van der Waals surface area contributed by atoms with E-state index in [2.05, 4.69) is 5.32 Å². The zero-order chi connectivity index (χ0) is 14.5. The van der Waals surface area contributed by atoms with Gasteiger partial charge in [-0.1, -0.05) is 18.2 Å². The normalized spacial score (nSPS) is 14.4. The van der Waals surface area contributed by atoms with Crippen LogP contribution in [0.15, 0.2) is 30.3 Å². The number of aliphatic hydroxyl groups excluding tert-OH is 1. The molecule has 2 atom stereocenters. The number of rotatable bonds is 4. The van der Waals surface area contributed by atoms with Gasteiger partial charge in [-0.2, -0.15) is 0 Å². The van der Waals surface area contributed by atoms with Gasteiger partial charge in [0.15, 0.2) is 0 Å². The highest BCUT2D eigenvalue weighted by Gasteiger charge is 2.22. The van der Waals surface area contributed by atoms with Crippen LogP contribution in [0.5, 0.6) is 5.75 Å². The van der Waals surface area contributed by atoms with Crippen molar-refractivity contribution in [3.05, 3.63) is 30.3 Å². The number of alkyl carbamates (subject to hydrolysis) is 1. The number of carbonyl (C=O) groups is 1. The number of hydrogen-bond donors (Lipinski definition) is 2. The molecular weight excluding hydrogens is 246 g/mol. The van der Waals surface area contributed by atoms with Crippen LogP contribution < -0.4 is 10.1 Å². The first-order valence-corrected chi connectivity index (χ1v) is 6.17. The summed E-state index contributed by atoms with van der Waals surface area (Å²) in [6.45, 7) is 6.95. The van der Waals surface area contributed by atoms with E-state index in [1.807, 2.05) is 6.07 Å². The summed E-state index contributed by atoms with van der Waals surface area (Å²) in [5, 5.41) is 12.3. The van der Waals surface area contributed by atoms with Crippen molar-refractivity contribution in [2.45, 2.75) is 45.6 Å². The zero-order valence-corrected chi connectivity index (χ0v) is 11.7. The molecule has 1 aromatic rings. The first-order chi connectivity index (χ1) is 8.78. The highest BCUT2D eigenvalue weighted by Crippen LogP contribution is 2.12. The molecule has 0 saturated carbocycles. The molecule has 1 aromatic carbocycles. The lowest BCUT2D eigenvalue weighted by atomic mass is 10.2. The molecule has 0 saturated heterocycles. The van der Waals surface area contributed by atoms with Crippen molar-refractivity contribution < 1.29 is 19.4 Å². The van der Waals surface area contributed by atoms with E-state index < -0.39 is 24.0 Å². The average molecular weight is 267 g/mol. The number of nitrogens with one attached hydrogen (secondary N) is 1. The SMILES string of the molecule is C[C@H](NC(=O)OC(C)(C)C)C(O)Oc1ccccc1. The van der Waals surface area contributed by atoms with E-state index in [1.54, 1.807) is 52.0 Å². The van der Waals surface area contributed by atoms with Gasteiger partial charge in [-0.05, 0) is 39.8 Å². The number of para-hydroxylation sites is 1. The Morgan fingerprint density at radius 2 is 1.84 bits per heavy atom. The topological polar surface area (TPSA) is 67.8 Å². The number of ether oxygens (including phenoxy) is 2. The van der Waals surface area contributed by atoms with Crippen LogP contribution in [0.1, 0.15) is 27.7 Å². The van der Waals surface area contributed by atoms with Crippen molar-refractivity contribution in [2.75, 3.05) is 0 Å². The van der Waals surface area contributed by atoms with E-state index in [0.717, 1.165) is 0 Å². The Morgan fingerprint density at radius 3 is 2.37 bits per heavy atom. The Labute approximate surface area is 113 Å². The van der Waals surface area contributed by atoms with E-state index in [1.165, 1.54) is 0 Å². The van der Waals surface area contributed by atoms with Crippen molar-refractivity contribution >= 4 is 6.09 Å². The second-order valence-electron chi connectivity index (χ2n) is 5.26. The number of amides is 1. The lowest BCUT2D eigenvalue weighted by Gasteiger charge is -2.24. The van der Waals surface area contributed by atoms with Crippen LogP contribution in [0.25, 0.3) is 0 Å². The van der Waals surface area contributed by atoms with Crippen LogP contribution in [0.4, 0.5) is 4.79 Å². The third-order valence-corrected chi connectivity index (χ3v) is 2.17. The maximum absolute atomic E-state index is 11.5. The third kappa shape index (κ3) is 6.10. The Morgan fingerprint density at radius 1 is 1.26 bits per heavy atom. The molecule has 0 aromatic heterocycles. The summed E-state index contributed by atoms with van der Waals surface area (Å²) in [5.41, 5.74) is -0.574. The highest BCUT2D eigenvalue weighted by atomic mass is 16.6.